The van der Waals surface area contributed by atoms with Gasteiger partial charge in [0.05, 0.1) is 16.3 Å². The minimum Gasteiger partial charge on any atom is -0.452 e. The molecule has 3 rings (SSSR count). The van der Waals surface area contributed by atoms with Crippen molar-refractivity contribution in [2.75, 3.05) is 37.7 Å². The van der Waals surface area contributed by atoms with E-state index in [2.05, 4.69) is 4.98 Å². The van der Waals surface area contributed by atoms with Gasteiger partial charge in [0.25, 0.3) is 5.91 Å². The van der Waals surface area contributed by atoms with Crippen LogP contribution >= 0.6 is 11.3 Å². The van der Waals surface area contributed by atoms with E-state index in [0.717, 1.165) is 17.1 Å². The van der Waals surface area contributed by atoms with Crippen molar-refractivity contribution in [2.24, 2.45) is 0 Å². The maximum Gasteiger partial charge on any atom is 0.416 e. The van der Waals surface area contributed by atoms with E-state index in [9.17, 15) is 22.8 Å². The van der Waals surface area contributed by atoms with Gasteiger partial charge in [0.15, 0.2) is 6.61 Å². The summed E-state index contributed by atoms with van der Waals surface area (Å²) < 4.78 is 43.6. The molecule has 1 aromatic carbocycles. The standard InChI is InChI=1S/C20H20F3N3O3S/c1-14-24-16(13-30-14)5-6-19(28)29-12-18(27)26-9-7-25(8-10-26)17-4-2-3-15(11-17)20(21,22)23/h2-6,11,13H,7-10,12H2,1H3/b6-5-. The summed E-state index contributed by atoms with van der Waals surface area (Å²) in [6.45, 7) is 2.92. The normalized spacial score (nSPS) is 14.9. The molecule has 0 radical (unpaired) electrons. The van der Waals surface area contributed by atoms with E-state index in [-0.39, 0.29) is 12.5 Å². The first kappa shape index (κ1) is 21.8. The van der Waals surface area contributed by atoms with Gasteiger partial charge in [-0.25, -0.2) is 9.78 Å². The molecular weight excluding hydrogens is 419 g/mol. The van der Waals surface area contributed by atoms with Crippen LogP contribution in [0.4, 0.5) is 18.9 Å². The summed E-state index contributed by atoms with van der Waals surface area (Å²) in [6, 6.07) is 5.12. The summed E-state index contributed by atoms with van der Waals surface area (Å²) >= 11 is 1.46. The van der Waals surface area contributed by atoms with Crippen LogP contribution in [0.3, 0.4) is 0 Å². The van der Waals surface area contributed by atoms with Crippen molar-refractivity contribution < 1.29 is 27.5 Å². The molecule has 10 heteroatoms. The fraction of sp³-hybridized carbons (Fsp3) is 0.350. The highest BCUT2D eigenvalue weighted by molar-refractivity contribution is 7.09. The summed E-state index contributed by atoms with van der Waals surface area (Å²) in [5.74, 6) is -0.985. The average molecular weight is 439 g/mol. The highest BCUT2D eigenvalue weighted by Crippen LogP contribution is 2.31. The van der Waals surface area contributed by atoms with Gasteiger partial charge in [-0.05, 0) is 31.2 Å². The smallest absolute Gasteiger partial charge is 0.416 e. The molecule has 30 heavy (non-hydrogen) atoms. The van der Waals surface area contributed by atoms with Crippen LogP contribution in [0.15, 0.2) is 35.7 Å². The second kappa shape index (κ2) is 9.29. The highest BCUT2D eigenvalue weighted by Gasteiger charge is 2.31. The number of amides is 1. The van der Waals surface area contributed by atoms with Gasteiger partial charge in [-0.15, -0.1) is 11.3 Å². The van der Waals surface area contributed by atoms with Crippen molar-refractivity contribution in [2.45, 2.75) is 13.1 Å². The van der Waals surface area contributed by atoms with Crippen LogP contribution in [-0.2, 0) is 20.5 Å². The minimum atomic E-state index is -4.40. The molecule has 1 fully saturated rings. The number of hydrogen-bond donors (Lipinski definition) is 0. The number of aryl methyl sites for hydroxylation is 1. The number of carbonyl (C=O) groups excluding carboxylic acids is 2. The number of hydrogen-bond acceptors (Lipinski definition) is 6. The Balaban J connectivity index is 1.46. The van der Waals surface area contributed by atoms with Crippen LogP contribution in [0.1, 0.15) is 16.3 Å². The predicted molar refractivity (Wildman–Crippen MR) is 107 cm³/mol. The molecule has 2 aromatic rings. The molecule has 0 aliphatic carbocycles. The van der Waals surface area contributed by atoms with Crippen LogP contribution < -0.4 is 4.90 Å². The molecule has 6 nitrogen and oxygen atoms in total. The molecule has 1 aliphatic rings. The van der Waals surface area contributed by atoms with Gasteiger partial charge >= 0.3 is 12.1 Å². The van der Waals surface area contributed by atoms with Gasteiger partial charge in [0.2, 0.25) is 0 Å². The number of carbonyl (C=O) groups is 2. The maximum absolute atomic E-state index is 12.9. The number of piperazine rings is 1. The van der Waals surface area contributed by atoms with Crippen LogP contribution in [0.2, 0.25) is 0 Å². The third-order valence-corrected chi connectivity index (χ3v) is 5.33. The Bertz CT molecular complexity index is 935. The lowest BCUT2D eigenvalue weighted by molar-refractivity contribution is -0.148. The molecule has 0 unspecified atom stereocenters. The van der Waals surface area contributed by atoms with Crippen LogP contribution in [0.5, 0.6) is 0 Å². The van der Waals surface area contributed by atoms with Gasteiger partial charge in [-0.2, -0.15) is 13.2 Å². The molecule has 1 aliphatic heterocycles. The lowest BCUT2D eigenvalue weighted by Crippen LogP contribution is -2.49. The van der Waals surface area contributed by atoms with Gasteiger partial charge in [-0.3, -0.25) is 4.79 Å². The van der Waals surface area contributed by atoms with Crippen molar-refractivity contribution in [3.63, 3.8) is 0 Å². The zero-order valence-corrected chi connectivity index (χ0v) is 17.0. The molecule has 0 N–H and O–H groups in total. The van der Waals surface area contributed by atoms with E-state index in [0.29, 0.717) is 37.6 Å². The largest absolute Gasteiger partial charge is 0.452 e. The van der Waals surface area contributed by atoms with E-state index in [1.54, 1.807) is 16.3 Å². The second-order valence-electron chi connectivity index (χ2n) is 6.65. The van der Waals surface area contributed by atoms with E-state index < -0.39 is 17.7 Å². The number of thiazole rings is 1. The number of benzene rings is 1. The quantitative estimate of drug-likeness (QED) is 0.528. The molecule has 1 saturated heterocycles. The van der Waals surface area contributed by atoms with Crippen molar-refractivity contribution in [1.82, 2.24) is 9.88 Å². The average Bonchev–Trinajstić information content (AvgIpc) is 3.15. The number of rotatable bonds is 5. The summed E-state index contributed by atoms with van der Waals surface area (Å²) in [4.78, 5) is 31.5. The molecule has 0 saturated carbocycles. The van der Waals surface area contributed by atoms with E-state index in [1.807, 2.05) is 6.92 Å². The number of halogens is 3. The number of esters is 1. The fourth-order valence-corrected chi connectivity index (χ4v) is 3.56. The number of anilines is 1. The fourth-order valence-electron chi connectivity index (χ4n) is 2.98. The Kier molecular flexibility index (Phi) is 6.76. The van der Waals surface area contributed by atoms with Crippen molar-refractivity contribution >= 4 is 35.0 Å². The SMILES string of the molecule is Cc1nc(/C=C\C(=O)OCC(=O)N2CCN(c3cccc(C(F)(F)F)c3)CC2)cs1. The molecule has 0 bridgehead atoms. The first-order valence-corrected chi connectivity index (χ1v) is 10.1. The van der Waals surface area contributed by atoms with Crippen LogP contribution in [-0.4, -0.2) is 54.5 Å². The summed E-state index contributed by atoms with van der Waals surface area (Å²) in [6.07, 6.45) is -1.66. The van der Waals surface area contributed by atoms with E-state index >= 15 is 0 Å². The van der Waals surface area contributed by atoms with Crippen molar-refractivity contribution in [3.8, 4) is 0 Å². The molecule has 0 spiro atoms. The topological polar surface area (TPSA) is 62.7 Å². The zero-order chi connectivity index (χ0) is 21.7. The molecular formula is C20H20F3N3O3S. The molecule has 1 amide bonds. The zero-order valence-electron chi connectivity index (χ0n) is 16.2. The summed E-state index contributed by atoms with van der Waals surface area (Å²) in [5, 5.41) is 2.68. The Morgan fingerprint density at radius 2 is 1.97 bits per heavy atom. The maximum atomic E-state index is 12.9. The Morgan fingerprint density at radius 3 is 2.60 bits per heavy atom. The molecule has 1 aromatic heterocycles. The predicted octanol–water partition coefficient (Wildman–Crippen LogP) is 3.38. The Hall–Kier alpha value is -2.88. The first-order chi connectivity index (χ1) is 14.2. The van der Waals surface area contributed by atoms with Crippen molar-refractivity contribution in [1.29, 1.82) is 0 Å². The number of alkyl halides is 3. The van der Waals surface area contributed by atoms with Crippen LogP contribution in [0, 0.1) is 6.92 Å². The minimum absolute atomic E-state index is 0.334. The Labute approximate surface area is 175 Å². The summed E-state index contributed by atoms with van der Waals surface area (Å²) in [5.41, 5.74) is 0.406. The van der Waals surface area contributed by atoms with Crippen molar-refractivity contribution in [3.05, 3.63) is 52.0 Å². The van der Waals surface area contributed by atoms with E-state index in [4.69, 9.17) is 4.74 Å². The third-order valence-electron chi connectivity index (χ3n) is 4.54. The lowest BCUT2D eigenvalue weighted by Gasteiger charge is -2.36. The van der Waals surface area contributed by atoms with Gasteiger partial charge in [-0.1, -0.05) is 6.07 Å². The second-order valence-corrected chi connectivity index (χ2v) is 7.71. The van der Waals surface area contributed by atoms with Crippen LogP contribution in [0.25, 0.3) is 6.08 Å². The first-order valence-electron chi connectivity index (χ1n) is 9.19. The third kappa shape index (κ3) is 5.82. The summed E-state index contributed by atoms with van der Waals surface area (Å²) in [7, 11) is 0. The monoisotopic (exact) mass is 439 g/mol. The molecule has 160 valence electrons. The lowest BCUT2D eigenvalue weighted by atomic mass is 10.1. The number of nitrogens with zero attached hydrogens (tertiary/aromatic N) is 3. The van der Waals surface area contributed by atoms with E-state index in [1.165, 1.54) is 34.5 Å². The number of ether oxygens (including phenoxy) is 1. The molecule has 0 atom stereocenters. The van der Waals surface area contributed by atoms with Gasteiger partial charge < -0.3 is 14.5 Å². The van der Waals surface area contributed by atoms with Gasteiger partial charge in [0, 0.05) is 43.3 Å². The van der Waals surface area contributed by atoms with Gasteiger partial charge in [0.1, 0.15) is 0 Å². The number of aromatic nitrogens is 1. The highest BCUT2D eigenvalue weighted by atomic mass is 32.1. The Morgan fingerprint density at radius 1 is 1.23 bits per heavy atom. The molecule has 2 heterocycles.